The van der Waals surface area contributed by atoms with Gasteiger partial charge in [0.2, 0.25) is 0 Å². The fourth-order valence-corrected chi connectivity index (χ4v) is 1.89. The Labute approximate surface area is 72.0 Å². The Morgan fingerprint density at radius 1 is 1.64 bits per heavy atom. The quantitative estimate of drug-likeness (QED) is 0.498. The summed E-state index contributed by atoms with van der Waals surface area (Å²) in [5.74, 6) is 0. The van der Waals surface area contributed by atoms with Gasteiger partial charge < -0.3 is 4.74 Å². The van der Waals surface area contributed by atoms with E-state index in [1.807, 2.05) is 6.92 Å². The van der Waals surface area contributed by atoms with Crippen LogP contribution in [0.2, 0.25) is 0 Å². The Morgan fingerprint density at radius 2 is 2.36 bits per heavy atom. The van der Waals surface area contributed by atoms with Crippen molar-refractivity contribution in [3.05, 3.63) is 5.01 Å². The minimum Gasteiger partial charge on any atom is -0.461 e. The van der Waals surface area contributed by atoms with E-state index in [0.717, 1.165) is 16.8 Å². The van der Waals surface area contributed by atoms with E-state index < -0.39 is 0 Å². The molecule has 6 heteroatoms. The Kier molecular flexibility index (Phi) is 2.84. The standard InChI is InChI=1S/C5H6N2O2S2/c1-3-6-7-4(10-3)11-5(8)9-2/h1-2H3. The number of hydrogen-bond donors (Lipinski definition) is 0. The van der Waals surface area contributed by atoms with Gasteiger partial charge in [0, 0.05) is 11.8 Å². The first-order valence-electron chi connectivity index (χ1n) is 2.78. The van der Waals surface area contributed by atoms with E-state index in [1.54, 1.807) is 0 Å². The van der Waals surface area contributed by atoms with Crippen molar-refractivity contribution in [2.24, 2.45) is 0 Å². The lowest BCUT2D eigenvalue weighted by Crippen LogP contribution is -1.89. The Morgan fingerprint density at radius 3 is 2.82 bits per heavy atom. The number of rotatable bonds is 1. The topological polar surface area (TPSA) is 52.1 Å². The van der Waals surface area contributed by atoms with Gasteiger partial charge in [-0.25, -0.2) is 4.79 Å². The molecule has 0 fully saturated rings. The number of aryl methyl sites for hydroxylation is 1. The van der Waals surface area contributed by atoms with Crippen molar-refractivity contribution < 1.29 is 9.53 Å². The summed E-state index contributed by atoms with van der Waals surface area (Å²) >= 11 is 2.32. The summed E-state index contributed by atoms with van der Waals surface area (Å²) in [6.07, 6.45) is 0. The van der Waals surface area contributed by atoms with E-state index in [4.69, 9.17) is 0 Å². The first-order valence-corrected chi connectivity index (χ1v) is 4.41. The average Bonchev–Trinajstić information content (AvgIpc) is 2.35. The van der Waals surface area contributed by atoms with Gasteiger partial charge in [-0.2, -0.15) is 0 Å². The molecule has 0 aliphatic rings. The van der Waals surface area contributed by atoms with E-state index in [2.05, 4.69) is 14.9 Å². The second kappa shape index (κ2) is 3.68. The minimum absolute atomic E-state index is 0.360. The summed E-state index contributed by atoms with van der Waals surface area (Å²) < 4.78 is 5.05. The first-order chi connectivity index (χ1) is 5.22. The summed E-state index contributed by atoms with van der Waals surface area (Å²) in [5, 5.41) is 7.96. The molecule has 0 aromatic carbocycles. The van der Waals surface area contributed by atoms with Crippen molar-refractivity contribution >= 4 is 28.4 Å². The third-order valence-electron chi connectivity index (χ3n) is 0.845. The molecule has 60 valence electrons. The van der Waals surface area contributed by atoms with Crippen LogP contribution in [-0.2, 0) is 4.74 Å². The van der Waals surface area contributed by atoms with Crippen molar-refractivity contribution in [3.8, 4) is 0 Å². The third-order valence-corrected chi connectivity index (χ3v) is 2.57. The summed E-state index contributed by atoms with van der Waals surface area (Å²) in [6.45, 7) is 1.83. The predicted molar refractivity (Wildman–Crippen MR) is 42.9 cm³/mol. The second-order valence-electron chi connectivity index (χ2n) is 1.64. The van der Waals surface area contributed by atoms with E-state index in [-0.39, 0.29) is 5.30 Å². The van der Waals surface area contributed by atoms with Crippen LogP contribution < -0.4 is 0 Å². The highest BCUT2D eigenvalue weighted by molar-refractivity contribution is 8.14. The zero-order chi connectivity index (χ0) is 8.27. The molecule has 11 heavy (non-hydrogen) atoms. The number of aromatic nitrogens is 2. The predicted octanol–water partition coefficient (Wildman–Crippen LogP) is 1.71. The van der Waals surface area contributed by atoms with E-state index >= 15 is 0 Å². The molecule has 0 bridgehead atoms. The van der Waals surface area contributed by atoms with E-state index in [1.165, 1.54) is 18.4 Å². The van der Waals surface area contributed by atoms with Gasteiger partial charge in [-0.3, -0.25) is 0 Å². The molecule has 0 spiro atoms. The summed E-state index contributed by atoms with van der Waals surface area (Å²) in [6, 6.07) is 0. The van der Waals surface area contributed by atoms with Crippen LogP contribution in [0.1, 0.15) is 5.01 Å². The van der Waals surface area contributed by atoms with Gasteiger partial charge in [-0.05, 0) is 6.92 Å². The van der Waals surface area contributed by atoms with Crippen LogP contribution in [-0.4, -0.2) is 22.6 Å². The van der Waals surface area contributed by atoms with Crippen molar-refractivity contribution in [2.75, 3.05) is 7.11 Å². The molecule has 1 aromatic rings. The summed E-state index contributed by atoms with van der Waals surface area (Å²) in [4.78, 5) is 10.7. The highest BCUT2D eigenvalue weighted by Gasteiger charge is 2.07. The molecular formula is C5H6N2O2S2. The Bertz CT molecular complexity index is 261. The number of nitrogens with zero attached hydrogens (tertiary/aromatic N) is 2. The van der Waals surface area contributed by atoms with Gasteiger partial charge in [0.25, 0.3) is 0 Å². The highest BCUT2D eigenvalue weighted by atomic mass is 32.2. The van der Waals surface area contributed by atoms with Gasteiger partial charge in [0.1, 0.15) is 5.01 Å². The van der Waals surface area contributed by atoms with Crippen molar-refractivity contribution in [1.82, 2.24) is 10.2 Å². The minimum atomic E-state index is -0.360. The van der Waals surface area contributed by atoms with Gasteiger partial charge in [0.05, 0.1) is 7.11 Å². The second-order valence-corrected chi connectivity index (χ2v) is 4.01. The molecule has 0 unspecified atom stereocenters. The van der Waals surface area contributed by atoms with Crippen LogP contribution in [0.25, 0.3) is 0 Å². The average molecular weight is 190 g/mol. The molecular weight excluding hydrogens is 184 g/mol. The largest absolute Gasteiger partial charge is 0.461 e. The van der Waals surface area contributed by atoms with Gasteiger partial charge >= 0.3 is 5.30 Å². The van der Waals surface area contributed by atoms with Crippen molar-refractivity contribution in [1.29, 1.82) is 0 Å². The maximum Gasteiger partial charge on any atom is 0.374 e. The van der Waals surface area contributed by atoms with Gasteiger partial charge in [-0.15, -0.1) is 10.2 Å². The number of ether oxygens (including phenoxy) is 1. The number of carbonyl (C=O) groups excluding carboxylic acids is 1. The molecule has 1 heterocycles. The van der Waals surface area contributed by atoms with Gasteiger partial charge in [0.15, 0.2) is 4.34 Å². The summed E-state index contributed by atoms with van der Waals surface area (Å²) in [5.41, 5.74) is 0. The molecule has 0 N–H and O–H groups in total. The number of hydrogen-bond acceptors (Lipinski definition) is 6. The van der Waals surface area contributed by atoms with Crippen LogP contribution in [0.3, 0.4) is 0 Å². The lowest BCUT2D eigenvalue weighted by atomic mass is 10.9. The molecule has 4 nitrogen and oxygen atoms in total. The van der Waals surface area contributed by atoms with E-state index in [0.29, 0.717) is 4.34 Å². The van der Waals surface area contributed by atoms with Crippen LogP contribution in [0.5, 0.6) is 0 Å². The molecule has 0 saturated heterocycles. The molecule has 0 aliphatic heterocycles. The smallest absolute Gasteiger partial charge is 0.374 e. The molecule has 0 amide bonds. The molecule has 0 saturated carbocycles. The molecule has 0 radical (unpaired) electrons. The number of carbonyl (C=O) groups is 1. The van der Waals surface area contributed by atoms with Gasteiger partial charge in [-0.1, -0.05) is 11.3 Å². The fourth-order valence-electron chi connectivity index (χ4n) is 0.433. The number of methoxy groups -OCH3 is 1. The lowest BCUT2D eigenvalue weighted by Gasteiger charge is -1.90. The molecule has 1 aromatic heterocycles. The lowest BCUT2D eigenvalue weighted by molar-refractivity contribution is 0.200. The zero-order valence-corrected chi connectivity index (χ0v) is 7.66. The van der Waals surface area contributed by atoms with Crippen LogP contribution in [0.4, 0.5) is 4.79 Å². The highest BCUT2D eigenvalue weighted by Crippen LogP contribution is 2.22. The Hall–Kier alpha value is -0.620. The maximum absolute atomic E-state index is 10.7. The first kappa shape index (κ1) is 8.48. The zero-order valence-electron chi connectivity index (χ0n) is 6.03. The van der Waals surface area contributed by atoms with Crippen LogP contribution >= 0.6 is 23.1 Å². The molecule has 1 rings (SSSR count). The third kappa shape index (κ3) is 2.47. The van der Waals surface area contributed by atoms with Crippen molar-refractivity contribution in [2.45, 2.75) is 11.3 Å². The van der Waals surface area contributed by atoms with Crippen LogP contribution in [0.15, 0.2) is 4.34 Å². The summed E-state index contributed by atoms with van der Waals surface area (Å²) in [7, 11) is 1.34. The Balaban J connectivity index is 2.57. The maximum atomic E-state index is 10.7. The SMILES string of the molecule is COC(=O)Sc1nnc(C)s1. The number of thioether (sulfide) groups is 1. The van der Waals surface area contributed by atoms with Crippen LogP contribution in [0, 0.1) is 6.92 Å². The van der Waals surface area contributed by atoms with E-state index in [9.17, 15) is 4.79 Å². The fraction of sp³-hybridized carbons (Fsp3) is 0.400. The van der Waals surface area contributed by atoms with Crippen molar-refractivity contribution in [3.63, 3.8) is 0 Å². The normalized spacial score (nSPS) is 9.64. The molecule has 0 aliphatic carbocycles. The molecule has 0 atom stereocenters. The monoisotopic (exact) mass is 190 g/mol.